The Morgan fingerprint density at radius 2 is 1.81 bits per heavy atom. The molecule has 132 valence electrons. The van der Waals surface area contributed by atoms with Gasteiger partial charge in [0, 0.05) is 9.86 Å². The fraction of sp³-hybridized carbons (Fsp3) is 0.100. The molecule has 0 aliphatic heterocycles. The smallest absolute Gasteiger partial charge is 0.339 e. The van der Waals surface area contributed by atoms with Gasteiger partial charge in [-0.05, 0) is 29.7 Å². The number of carbonyl (C=O) groups excluding carboxylic acids is 2. The Bertz CT molecular complexity index is 966. The van der Waals surface area contributed by atoms with Gasteiger partial charge in [0.05, 0.1) is 18.4 Å². The molecule has 0 atom stereocenters. The van der Waals surface area contributed by atoms with Crippen molar-refractivity contribution < 1.29 is 19.1 Å². The highest BCUT2D eigenvalue weighted by Crippen LogP contribution is 2.25. The number of carbonyl (C=O) groups is 2. The van der Waals surface area contributed by atoms with Crippen LogP contribution in [-0.4, -0.2) is 25.6 Å². The van der Waals surface area contributed by atoms with Crippen LogP contribution in [0.2, 0.25) is 0 Å². The molecule has 5 nitrogen and oxygen atoms in total. The topological polar surface area (TPSA) is 64.6 Å². The minimum Gasteiger partial charge on any atom is -0.483 e. The largest absolute Gasteiger partial charge is 0.483 e. The number of halogens is 1. The molecule has 3 aromatic rings. The second-order valence-corrected chi connectivity index (χ2v) is 6.41. The number of methoxy groups -OCH3 is 1. The van der Waals surface area contributed by atoms with Crippen molar-refractivity contribution in [1.82, 2.24) is 0 Å². The van der Waals surface area contributed by atoms with Crippen molar-refractivity contribution >= 4 is 44.3 Å². The molecule has 26 heavy (non-hydrogen) atoms. The van der Waals surface area contributed by atoms with E-state index < -0.39 is 5.97 Å². The maximum absolute atomic E-state index is 12.3. The molecule has 0 aliphatic rings. The summed E-state index contributed by atoms with van der Waals surface area (Å²) < 4.78 is 11.1. The number of rotatable bonds is 5. The summed E-state index contributed by atoms with van der Waals surface area (Å²) in [4.78, 5) is 24.1. The van der Waals surface area contributed by atoms with E-state index in [9.17, 15) is 9.59 Å². The first kappa shape index (κ1) is 17.9. The molecule has 6 heteroatoms. The Balaban J connectivity index is 1.73. The molecule has 1 amide bonds. The van der Waals surface area contributed by atoms with Crippen LogP contribution in [0.3, 0.4) is 0 Å². The van der Waals surface area contributed by atoms with E-state index in [1.165, 1.54) is 7.11 Å². The van der Waals surface area contributed by atoms with Gasteiger partial charge in [0.1, 0.15) is 5.75 Å². The van der Waals surface area contributed by atoms with E-state index in [-0.39, 0.29) is 18.1 Å². The third-order valence-corrected chi connectivity index (χ3v) is 4.26. The number of esters is 1. The summed E-state index contributed by atoms with van der Waals surface area (Å²) in [5, 5.41) is 4.65. The van der Waals surface area contributed by atoms with Crippen molar-refractivity contribution in [3.63, 3.8) is 0 Å². The highest BCUT2D eigenvalue weighted by molar-refractivity contribution is 9.10. The van der Waals surface area contributed by atoms with Crippen molar-refractivity contribution in [2.24, 2.45) is 0 Å². The summed E-state index contributed by atoms with van der Waals surface area (Å²) in [6.07, 6.45) is 0. The third kappa shape index (κ3) is 4.03. The molecule has 3 aromatic carbocycles. The molecule has 0 radical (unpaired) electrons. The number of hydrogen-bond acceptors (Lipinski definition) is 4. The summed E-state index contributed by atoms with van der Waals surface area (Å²) in [6, 6.07) is 18.4. The lowest BCUT2D eigenvalue weighted by Crippen LogP contribution is -2.22. The van der Waals surface area contributed by atoms with E-state index in [0.29, 0.717) is 11.4 Å². The molecule has 0 spiro atoms. The van der Waals surface area contributed by atoms with Gasteiger partial charge >= 0.3 is 5.97 Å². The van der Waals surface area contributed by atoms with Gasteiger partial charge in [-0.1, -0.05) is 52.3 Å². The predicted molar refractivity (Wildman–Crippen MR) is 104 cm³/mol. The first-order valence-corrected chi connectivity index (χ1v) is 8.66. The number of amides is 1. The van der Waals surface area contributed by atoms with Crippen molar-refractivity contribution in [2.45, 2.75) is 0 Å². The molecular formula is C20H16BrNO4. The first-order chi connectivity index (χ1) is 12.6. The van der Waals surface area contributed by atoms with Gasteiger partial charge in [-0.25, -0.2) is 4.79 Å². The summed E-state index contributed by atoms with van der Waals surface area (Å²) in [5.41, 5.74) is 0.631. The van der Waals surface area contributed by atoms with E-state index >= 15 is 0 Å². The average Bonchev–Trinajstić information content (AvgIpc) is 2.66. The van der Waals surface area contributed by atoms with Crippen LogP contribution in [0.15, 0.2) is 65.1 Å². The number of fused-ring (bicyclic) bond motifs is 1. The van der Waals surface area contributed by atoms with Crippen molar-refractivity contribution in [1.29, 1.82) is 0 Å². The van der Waals surface area contributed by atoms with Gasteiger partial charge in [0.25, 0.3) is 5.91 Å². The van der Waals surface area contributed by atoms with Gasteiger partial charge in [0.15, 0.2) is 6.61 Å². The molecule has 0 fully saturated rings. The number of ether oxygens (including phenoxy) is 2. The quantitative estimate of drug-likeness (QED) is 0.629. The maximum Gasteiger partial charge on any atom is 0.339 e. The predicted octanol–water partition coefficient (Wildman–Crippen LogP) is 4.41. The van der Waals surface area contributed by atoms with E-state index in [2.05, 4.69) is 21.2 Å². The average molecular weight is 414 g/mol. The van der Waals surface area contributed by atoms with Crippen LogP contribution >= 0.6 is 15.9 Å². The van der Waals surface area contributed by atoms with Crippen LogP contribution in [-0.2, 0) is 9.53 Å². The molecule has 3 rings (SSSR count). The minimum atomic E-state index is -0.525. The summed E-state index contributed by atoms with van der Waals surface area (Å²) in [7, 11) is 1.29. The lowest BCUT2D eigenvalue weighted by atomic mass is 10.1. The molecule has 0 bridgehead atoms. The van der Waals surface area contributed by atoms with Gasteiger partial charge in [-0.2, -0.15) is 0 Å². The van der Waals surface area contributed by atoms with Crippen molar-refractivity contribution in [3.05, 3.63) is 70.7 Å². The van der Waals surface area contributed by atoms with Crippen molar-refractivity contribution in [3.8, 4) is 5.75 Å². The third-order valence-electron chi connectivity index (χ3n) is 3.77. The van der Waals surface area contributed by atoms with Gasteiger partial charge in [-0.15, -0.1) is 0 Å². The van der Waals surface area contributed by atoms with Crippen LogP contribution in [0.25, 0.3) is 10.8 Å². The van der Waals surface area contributed by atoms with E-state index in [0.717, 1.165) is 15.2 Å². The van der Waals surface area contributed by atoms with Crippen LogP contribution in [0.5, 0.6) is 5.75 Å². The zero-order valence-corrected chi connectivity index (χ0v) is 15.6. The number of nitrogens with one attached hydrogen (secondary N) is 1. The monoisotopic (exact) mass is 413 g/mol. The van der Waals surface area contributed by atoms with E-state index in [4.69, 9.17) is 9.47 Å². The SMILES string of the molecule is COC(=O)c1ccc(Br)cc1NC(=O)COc1cccc2ccccc12. The van der Waals surface area contributed by atoms with Crippen molar-refractivity contribution in [2.75, 3.05) is 19.0 Å². The Morgan fingerprint density at radius 3 is 2.62 bits per heavy atom. The summed E-state index contributed by atoms with van der Waals surface area (Å²) in [6.45, 7) is -0.179. The second kappa shape index (κ2) is 8.01. The fourth-order valence-electron chi connectivity index (χ4n) is 2.56. The van der Waals surface area contributed by atoms with Gasteiger partial charge < -0.3 is 14.8 Å². The van der Waals surface area contributed by atoms with E-state index in [1.807, 2.05) is 42.5 Å². The van der Waals surface area contributed by atoms with Crippen LogP contribution < -0.4 is 10.1 Å². The fourth-order valence-corrected chi connectivity index (χ4v) is 2.92. The summed E-state index contributed by atoms with van der Waals surface area (Å²) >= 11 is 3.33. The van der Waals surface area contributed by atoms with Crippen LogP contribution in [0, 0.1) is 0 Å². The molecule has 0 unspecified atom stereocenters. The minimum absolute atomic E-state index is 0.179. The Kier molecular flexibility index (Phi) is 5.53. The first-order valence-electron chi connectivity index (χ1n) is 7.87. The Labute approximate surface area is 159 Å². The lowest BCUT2D eigenvalue weighted by molar-refractivity contribution is -0.118. The Hall–Kier alpha value is -2.86. The summed E-state index contributed by atoms with van der Waals surface area (Å²) in [5.74, 6) is -0.273. The second-order valence-electron chi connectivity index (χ2n) is 5.50. The number of anilines is 1. The van der Waals surface area contributed by atoms with Gasteiger partial charge in [0.2, 0.25) is 0 Å². The molecule has 0 heterocycles. The van der Waals surface area contributed by atoms with Crippen LogP contribution in [0.4, 0.5) is 5.69 Å². The Morgan fingerprint density at radius 1 is 1.04 bits per heavy atom. The number of hydrogen-bond donors (Lipinski definition) is 1. The molecule has 0 aromatic heterocycles. The van der Waals surface area contributed by atoms with E-state index in [1.54, 1.807) is 18.2 Å². The molecule has 1 N–H and O–H groups in total. The maximum atomic E-state index is 12.3. The highest BCUT2D eigenvalue weighted by atomic mass is 79.9. The molecule has 0 aliphatic carbocycles. The molecule has 0 saturated heterocycles. The molecule has 0 saturated carbocycles. The number of benzene rings is 3. The normalized spacial score (nSPS) is 10.4. The highest BCUT2D eigenvalue weighted by Gasteiger charge is 2.15. The van der Waals surface area contributed by atoms with Gasteiger partial charge in [-0.3, -0.25) is 4.79 Å². The molecular weight excluding hydrogens is 398 g/mol. The zero-order chi connectivity index (χ0) is 18.5. The standard InChI is InChI=1S/C20H16BrNO4/c1-25-20(24)16-10-9-14(21)11-17(16)22-19(23)12-26-18-8-4-6-13-5-2-3-7-15(13)18/h2-11H,12H2,1H3,(H,22,23). The van der Waals surface area contributed by atoms with Crippen LogP contribution in [0.1, 0.15) is 10.4 Å². The zero-order valence-electron chi connectivity index (χ0n) is 14.0. The lowest BCUT2D eigenvalue weighted by Gasteiger charge is -2.12.